The molecule has 17 nitrogen and oxygen atoms in total. The standard InChI is InChI=1S/C25H36N2O7.C25H34N2O6/c1-33-25(32)21-15-20(34-13-12-28)16-27(21)24(31)23(18-7-3-2-4-8-18)26-22(30)11-10-17-6-5-9-19(29)14-17;1-31-25(30)21-15-20-16-27(21)24(29)23(18-7-3-2-4-8-18)26-22(28)11-10-17-6-5-9-19(14-17)32-12-13-33-20/h5-6,9,14,18,20-21,23,28-29H,2-4,7-8,10-13,15-16H2,1H3,(H,26,30);5-6,9,14,18,20-21,23H,2-4,7-8,10-13,15-16H2,1H3,(H,26,28)/t2*20-,21+,23+/m11/s1. The minimum absolute atomic E-state index is 0.00155. The molecule has 2 aromatic rings. The quantitative estimate of drug-likeness (QED) is 0.223. The molecule has 0 radical (unpaired) electrons. The largest absolute Gasteiger partial charge is 0.508 e. The molecular formula is C50H70N4O13. The van der Waals surface area contributed by atoms with Crippen LogP contribution in [0.1, 0.15) is 101 Å². The van der Waals surface area contributed by atoms with Crippen LogP contribution in [0, 0.1) is 11.8 Å². The Kier molecular flexibility index (Phi) is 19.7. The molecule has 0 spiro atoms. The fraction of sp³-hybridized carbons (Fsp3) is 0.640. The summed E-state index contributed by atoms with van der Waals surface area (Å²) in [5, 5.41) is 24.7. The van der Waals surface area contributed by atoms with Gasteiger partial charge in [0.05, 0.1) is 46.2 Å². The molecule has 4 amide bonds. The molecule has 5 aliphatic rings. The van der Waals surface area contributed by atoms with Gasteiger partial charge in [-0.25, -0.2) is 9.59 Å². The molecule has 2 aromatic carbocycles. The van der Waals surface area contributed by atoms with Crippen molar-refractivity contribution in [2.75, 3.05) is 53.7 Å². The van der Waals surface area contributed by atoms with Crippen molar-refractivity contribution in [1.82, 2.24) is 20.4 Å². The van der Waals surface area contributed by atoms with Crippen LogP contribution in [0.5, 0.6) is 11.5 Å². The highest BCUT2D eigenvalue weighted by atomic mass is 16.5. The lowest BCUT2D eigenvalue weighted by Gasteiger charge is -2.34. The number of amides is 4. The summed E-state index contributed by atoms with van der Waals surface area (Å²) in [6.07, 6.45) is 11.3. The number of hydrogen-bond acceptors (Lipinski definition) is 13. The molecule has 3 aliphatic heterocycles. The maximum absolute atomic E-state index is 13.7. The highest BCUT2D eigenvalue weighted by molar-refractivity contribution is 5.92. The van der Waals surface area contributed by atoms with Crippen LogP contribution in [0.15, 0.2) is 48.5 Å². The second-order valence-electron chi connectivity index (χ2n) is 18.3. The Morgan fingerprint density at radius 1 is 0.851 bits per heavy atom. The molecule has 368 valence electrons. The number of aromatic hydroxyl groups is 1. The van der Waals surface area contributed by atoms with E-state index in [1.54, 1.807) is 23.1 Å². The zero-order chi connectivity index (χ0) is 47.7. The Morgan fingerprint density at radius 3 is 2.28 bits per heavy atom. The van der Waals surface area contributed by atoms with Crippen LogP contribution < -0.4 is 15.4 Å². The van der Waals surface area contributed by atoms with E-state index >= 15 is 0 Å². The van der Waals surface area contributed by atoms with E-state index < -0.39 is 36.1 Å². The van der Waals surface area contributed by atoms with Crippen molar-refractivity contribution < 1.29 is 62.7 Å². The van der Waals surface area contributed by atoms with E-state index in [9.17, 15) is 33.9 Å². The Bertz CT molecular complexity index is 1970. The molecule has 4 fully saturated rings. The first-order valence-electron chi connectivity index (χ1n) is 24.2. The number of phenols is 1. The molecule has 0 aromatic heterocycles. The molecule has 6 atom stereocenters. The van der Waals surface area contributed by atoms with Gasteiger partial charge in [-0.15, -0.1) is 0 Å². The van der Waals surface area contributed by atoms with E-state index in [4.69, 9.17) is 28.8 Å². The fourth-order valence-electron chi connectivity index (χ4n) is 10.2. The predicted octanol–water partition coefficient (Wildman–Crippen LogP) is 3.78. The number of nitrogens with one attached hydrogen (secondary N) is 2. The summed E-state index contributed by atoms with van der Waals surface area (Å²) >= 11 is 0. The number of ether oxygens (including phenoxy) is 5. The molecule has 17 heteroatoms. The molecule has 7 rings (SSSR count). The number of rotatable bonds is 12. The van der Waals surface area contributed by atoms with E-state index in [0.717, 1.165) is 81.1 Å². The highest BCUT2D eigenvalue weighted by Gasteiger charge is 2.46. The highest BCUT2D eigenvalue weighted by Crippen LogP contribution is 2.32. The monoisotopic (exact) mass is 934 g/mol. The number of nitrogens with zero attached hydrogens (tertiary/aromatic N) is 2. The van der Waals surface area contributed by atoms with E-state index in [1.165, 1.54) is 19.1 Å². The van der Waals surface area contributed by atoms with E-state index in [2.05, 4.69) is 10.6 Å². The summed E-state index contributed by atoms with van der Waals surface area (Å²) in [6, 6.07) is 11.6. The normalized spacial score (nSPS) is 24.6. The number of aliphatic hydroxyl groups excluding tert-OH is 1. The van der Waals surface area contributed by atoms with Crippen LogP contribution in [0.25, 0.3) is 0 Å². The van der Waals surface area contributed by atoms with Crippen LogP contribution in [-0.2, 0) is 60.6 Å². The van der Waals surface area contributed by atoms with Crippen molar-refractivity contribution in [2.45, 2.75) is 139 Å². The van der Waals surface area contributed by atoms with Gasteiger partial charge < -0.3 is 54.3 Å². The molecule has 67 heavy (non-hydrogen) atoms. The number of esters is 2. The minimum atomic E-state index is -0.781. The summed E-state index contributed by atoms with van der Waals surface area (Å²) in [5.74, 6) is -0.896. The SMILES string of the molecule is COC(=O)[C@@H]1C[C@@H](OCCO)CN1C(=O)[C@@H](NC(=O)CCc1cccc(O)c1)C1CCCCC1.COC(=O)[C@@H]1C[C@@H]2CN1C(=O)[C@H](C1CCCCC1)NC(=O)CCc1cccc(c1)OCCO2. The van der Waals surface area contributed by atoms with Crippen molar-refractivity contribution in [3.63, 3.8) is 0 Å². The lowest BCUT2D eigenvalue weighted by Crippen LogP contribution is -2.55. The average molecular weight is 935 g/mol. The van der Waals surface area contributed by atoms with E-state index in [1.807, 2.05) is 30.3 Å². The number of carbonyl (C=O) groups excluding carboxylic acids is 6. The number of aliphatic hydroxyl groups is 1. The number of carbonyl (C=O) groups is 6. The summed E-state index contributed by atoms with van der Waals surface area (Å²) in [6.45, 7) is 1.20. The zero-order valence-corrected chi connectivity index (χ0v) is 39.1. The molecule has 2 aliphatic carbocycles. The number of methoxy groups -OCH3 is 2. The minimum Gasteiger partial charge on any atom is -0.508 e. The lowest BCUT2D eigenvalue weighted by molar-refractivity contribution is -0.152. The number of benzene rings is 2. The van der Waals surface area contributed by atoms with Gasteiger partial charge in [-0.1, -0.05) is 62.8 Å². The number of fused-ring (bicyclic) bond motifs is 4. The van der Waals surface area contributed by atoms with Crippen LogP contribution in [-0.4, -0.2) is 146 Å². The predicted molar refractivity (Wildman–Crippen MR) is 245 cm³/mol. The summed E-state index contributed by atoms with van der Waals surface area (Å²) in [5.41, 5.74) is 1.84. The third-order valence-electron chi connectivity index (χ3n) is 13.7. The van der Waals surface area contributed by atoms with Crippen molar-refractivity contribution >= 4 is 35.6 Å². The van der Waals surface area contributed by atoms with Gasteiger partial charge in [0.25, 0.3) is 0 Å². The van der Waals surface area contributed by atoms with Crippen LogP contribution >= 0.6 is 0 Å². The van der Waals surface area contributed by atoms with Crippen molar-refractivity contribution in [1.29, 1.82) is 0 Å². The first-order chi connectivity index (χ1) is 32.5. The van der Waals surface area contributed by atoms with Gasteiger partial charge in [0.1, 0.15) is 42.3 Å². The van der Waals surface area contributed by atoms with Crippen LogP contribution in [0.2, 0.25) is 0 Å². The third-order valence-corrected chi connectivity index (χ3v) is 13.7. The zero-order valence-electron chi connectivity index (χ0n) is 39.1. The first-order valence-corrected chi connectivity index (χ1v) is 24.2. The Balaban J connectivity index is 0.000000221. The number of hydrogen-bond donors (Lipinski definition) is 4. The van der Waals surface area contributed by atoms with Gasteiger partial charge in [-0.05, 0) is 85.8 Å². The average Bonchev–Trinajstić information content (AvgIpc) is 3.99. The number of aryl methyl sites for hydroxylation is 2. The van der Waals surface area contributed by atoms with Gasteiger partial charge in [0, 0.05) is 38.8 Å². The van der Waals surface area contributed by atoms with Crippen molar-refractivity contribution in [2.24, 2.45) is 11.8 Å². The summed E-state index contributed by atoms with van der Waals surface area (Å²) in [4.78, 5) is 81.2. The van der Waals surface area contributed by atoms with Gasteiger partial charge in [0.15, 0.2) is 0 Å². The van der Waals surface area contributed by atoms with Gasteiger partial charge in [-0.3, -0.25) is 19.2 Å². The second kappa shape index (κ2) is 25.8. The smallest absolute Gasteiger partial charge is 0.328 e. The molecule has 0 unspecified atom stereocenters. The first kappa shape index (κ1) is 51.1. The van der Waals surface area contributed by atoms with Crippen LogP contribution in [0.4, 0.5) is 0 Å². The molecule has 2 saturated heterocycles. The fourth-order valence-corrected chi connectivity index (χ4v) is 10.2. The van der Waals surface area contributed by atoms with E-state index in [0.29, 0.717) is 45.4 Å². The number of phenolic OH excluding ortho intramolecular Hbond substituents is 1. The summed E-state index contributed by atoms with van der Waals surface area (Å²) < 4.78 is 27.3. The molecular weight excluding hydrogens is 865 g/mol. The molecule has 4 bridgehead atoms. The Labute approximate surface area is 393 Å². The topological polar surface area (TPSA) is 220 Å². The maximum atomic E-state index is 13.7. The third kappa shape index (κ3) is 14.6. The molecule has 3 heterocycles. The molecule has 2 saturated carbocycles. The van der Waals surface area contributed by atoms with Crippen LogP contribution in [0.3, 0.4) is 0 Å². The maximum Gasteiger partial charge on any atom is 0.328 e. The molecule has 4 N–H and O–H groups in total. The van der Waals surface area contributed by atoms with Gasteiger partial charge in [0.2, 0.25) is 23.6 Å². The summed E-state index contributed by atoms with van der Waals surface area (Å²) in [7, 11) is 2.62. The Hall–Kier alpha value is -5.26. The van der Waals surface area contributed by atoms with Crippen molar-refractivity contribution in [3.05, 3.63) is 59.7 Å². The van der Waals surface area contributed by atoms with E-state index in [-0.39, 0.29) is 86.0 Å². The lowest BCUT2D eigenvalue weighted by atomic mass is 9.83. The Morgan fingerprint density at radius 2 is 1.57 bits per heavy atom. The van der Waals surface area contributed by atoms with Gasteiger partial charge >= 0.3 is 11.9 Å². The van der Waals surface area contributed by atoms with Crippen molar-refractivity contribution in [3.8, 4) is 11.5 Å². The second-order valence-corrected chi connectivity index (χ2v) is 18.3. The number of likely N-dealkylation sites (tertiary alicyclic amines) is 1. The van der Waals surface area contributed by atoms with Gasteiger partial charge in [-0.2, -0.15) is 0 Å².